The van der Waals surface area contributed by atoms with Gasteiger partial charge in [-0.25, -0.2) is 9.84 Å². The maximum Gasteiger partial charge on any atom is 0.104 e. The number of nitrogens with zero attached hydrogens (tertiary/aromatic N) is 3. The molecule has 1 N–H and O–H groups in total. The molecule has 0 radical (unpaired) electrons. The standard InChI is InChI=1S/C9H16N4O3S/c1-12-7-9(6-10-12)13(17(14)15)11-8-2-4-16-5-3-8/h6-8,11H,2-5H2,1H3,(H,14,15)/p-1. The molecule has 1 aliphatic heterocycles. The normalized spacial score (nSPS) is 19.2. The Hall–Kier alpha value is -0.960. The molecular weight excluding hydrogens is 244 g/mol. The highest BCUT2D eigenvalue weighted by molar-refractivity contribution is 7.80. The fourth-order valence-electron chi connectivity index (χ4n) is 1.71. The van der Waals surface area contributed by atoms with Gasteiger partial charge in [0.05, 0.1) is 23.7 Å². The summed E-state index contributed by atoms with van der Waals surface area (Å²) in [5.41, 5.74) is 3.48. The van der Waals surface area contributed by atoms with E-state index in [2.05, 4.69) is 10.5 Å². The first-order valence-electron chi connectivity index (χ1n) is 5.39. The molecule has 0 spiro atoms. The number of anilines is 1. The van der Waals surface area contributed by atoms with E-state index in [1.807, 2.05) is 0 Å². The minimum atomic E-state index is -2.36. The van der Waals surface area contributed by atoms with Gasteiger partial charge in [0.2, 0.25) is 0 Å². The topological polar surface area (TPSA) is 82.5 Å². The molecule has 1 saturated heterocycles. The Morgan fingerprint density at radius 2 is 2.35 bits per heavy atom. The summed E-state index contributed by atoms with van der Waals surface area (Å²) >= 11 is -2.36. The van der Waals surface area contributed by atoms with Crippen molar-refractivity contribution in [2.24, 2.45) is 7.05 Å². The highest BCUT2D eigenvalue weighted by Crippen LogP contribution is 2.14. The highest BCUT2D eigenvalue weighted by Gasteiger charge is 2.18. The van der Waals surface area contributed by atoms with E-state index in [0.717, 1.165) is 17.3 Å². The smallest absolute Gasteiger partial charge is 0.104 e. The minimum Gasteiger partial charge on any atom is -0.754 e. The monoisotopic (exact) mass is 259 g/mol. The van der Waals surface area contributed by atoms with E-state index < -0.39 is 11.3 Å². The molecule has 1 unspecified atom stereocenters. The number of aromatic nitrogens is 2. The molecule has 1 aliphatic rings. The third-order valence-corrected chi connectivity index (χ3v) is 3.21. The van der Waals surface area contributed by atoms with Crippen molar-refractivity contribution in [3.63, 3.8) is 0 Å². The Morgan fingerprint density at radius 1 is 1.65 bits per heavy atom. The summed E-state index contributed by atoms with van der Waals surface area (Å²) in [6.45, 7) is 1.31. The lowest BCUT2D eigenvalue weighted by atomic mass is 10.1. The molecule has 0 aromatic carbocycles. The maximum absolute atomic E-state index is 11.2. The second kappa shape index (κ2) is 5.58. The van der Waals surface area contributed by atoms with Crippen molar-refractivity contribution in [1.29, 1.82) is 0 Å². The average molecular weight is 259 g/mol. The van der Waals surface area contributed by atoms with Gasteiger partial charge in [0.1, 0.15) is 5.69 Å². The maximum atomic E-state index is 11.2. The van der Waals surface area contributed by atoms with Crippen LogP contribution in [0.25, 0.3) is 0 Å². The third kappa shape index (κ3) is 3.25. The van der Waals surface area contributed by atoms with Crippen molar-refractivity contribution in [2.45, 2.75) is 18.9 Å². The molecule has 96 valence electrons. The van der Waals surface area contributed by atoms with Gasteiger partial charge in [-0.05, 0) is 12.8 Å². The lowest BCUT2D eigenvalue weighted by molar-refractivity contribution is 0.0785. The summed E-state index contributed by atoms with van der Waals surface area (Å²) in [5.74, 6) is 0. The van der Waals surface area contributed by atoms with Gasteiger partial charge >= 0.3 is 0 Å². The molecule has 7 nitrogen and oxygen atoms in total. The second-order valence-electron chi connectivity index (χ2n) is 3.90. The van der Waals surface area contributed by atoms with Gasteiger partial charge in [0, 0.05) is 26.3 Å². The Labute approximate surface area is 102 Å². The zero-order chi connectivity index (χ0) is 12.3. The van der Waals surface area contributed by atoms with E-state index >= 15 is 0 Å². The summed E-state index contributed by atoms with van der Waals surface area (Å²) in [5, 5.41) is 3.95. The lowest BCUT2D eigenvalue weighted by Gasteiger charge is -2.32. The molecule has 0 amide bonds. The van der Waals surface area contributed by atoms with Gasteiger partial charge in [-0.1, -0.05) is 0 Å². The Bertz CT molecular complexity index is 391. The predicted molar refractivity (Wildman–Crippen MR) is 61.6 cm³/mol. The fraction of sp³-hybridized carbons (Fsp3) is 0.667. The van der Waals surface area contributed by atoms with Crippen molar-refractivity contribution < 1.29 is 13.5 Å². The average Bonchev–Trinajstić information content (AvgIpc) is 2.73. The number of ether oxygens (including phenoxy) is 1. The van der Waals surface area contributed by atoms with Crippen LogP contribution in [0.3, 0.4) is 0 Å². The van der Waals surface area contributed by atoms with Crippen LogP contribution in [0.1, 0.15) is 12.8 Å². The van der Waals surface area contributed by atoms with Gasteiger partial charge in [-0.2, -0.15) is 5.10 Å². The zero-order valence-electron chi connectivity index (χ0n) is 9.54. The van der Waals surface area contributed by atoms with Crippen LogP contribution in [-0.4, -0.2) is 37.8 Å². The predicted octanol–water partition coefficient (Wildman–Crippen LogP) is -0.296. The largest absolute Gasteiger partial charge is 0.754 e. The fourth-order valence-corrected chi connectivity index (χ4v) is 2.21. The van der Waals surface area contributed by atoms with E-state index in [9.17, 15) is 8.76 Å². The molecule has 0 bridgehead atoms. The number of aryl methyl sites for hydroxylation is 1. The molecule has 0 saturated carbocycles. The first kappa shape index (κ1) is 12.5. The summed E-state index contributed by atoms with van der Waals surface area (Å²) in [6.07, 6.45) is 4.74. The van der Waals surface area contributed by atoms with Gasteiger partial charge in [0.25, 0.3) is 0 Å². The molecule has 17 heavy (non-hydrogen) atoms. The summed E-state index contributed by atoms with van der Waals surface area (Å²) in [7, 11) is 1.74. The summed E-state index contributed by atoms with van der Waals surface area (Å²) < 4.78 is 30.2. The number of rotatable bonds is 4. The van der Waals surface area contributed by atoms with Gasteiger partial charge in [0.15, 0.2) is 0 Å². The zero-order valence-corrected chi connectivity index (χ0v) is 10.4. The highest BCUT2D eigenvalue weighted by atomic mass is 32.2. The van der Waals surface area contributed by atoms with Crippen LogP contribution in [0.15, 0.2) is 12.4 Å². The van der Waals surface area contributed by atoms with Crippen LogP contribution in [0, 0.1) is 0 Å². The first-order valence-corrected chi connectivity index (χ1v) is 6.42. The van der Waals surface area contributed by atoms with Crippen LogP contribution in [0.5, 0.6) is 0 Å². The van der Waals surface area contributed by atoms with E-state index in [1.165, 1.54) is 6.20 Å². The lowest BCUT2D eigenvalue weighted by Crippen LogP contribution is -2.48. The van der Waals surface area contributed by atoms with E-state index in [-0.39, 0.29) is 6.04 Å². The Morgan fingerprint density at radius 3 is 2.88 bits per heavy atom. The van der Waals surface area contributed by atoms with Crippen molar-refractivity contribution in [3.8, 4) is 0 Å². The van der Waals surface area contributed by atoms with E-state index in [1.54, 1.807) is 17.9 Å². The summed E-state index contributed by atoms with van der Waals surface area (Å²) in [4.78, 5) is 0. The van der Waals surface area contributed by atoms with Crippen LogP contribution < -0.4 is 9.84 Å². The molecule has 1 aromatic heterocycles. The number of nitrogens with one attached hydrogen (secondary N) is 1. The Kier molecular flexibility index (Phi) is 4.11. The van der Waals surface area contributed by atoms with Crippen molar-refractivity contribution in [1.82, 2.24) is 15.2 Å². The summed E-state index contributed by atoms with van der Waals surface area (Å²) in [6, 6.07) is 0.113. The van der Waals surface area contributed by atoms with Crippen LogP contribution in [0.2, 0.25) is 0 Å². The molecule has 0 aliphatic carbocycles. The molecule has 2 rings (SSSR count). The van der Waals surface area contributed by atoms with Gasteiger partial charge < -0.3 is 9.29 Å². The number of hydrogen-bond acceptors (Lipinski definition) is 5. The second-order valence-corrected chi connectivity index (χ2v) is 4.70. The third-order valence-electron chi connectivity index (χ3n) is 2.60. The van der Waals surface area contributed by atoms with Crippen LogP contribution >= 0.6 is 0 Å². The van der Waals surface area contributed by atoms with Crippen LogP contribution in [0.4, 0.5) is 5.69 Å². The molecule has 1 fully saturated rings. The SMILES string of the molecule is Cn1cc(N(NC2CCOCC2)S(=O)[O-])cn1. The van der Waals surface area contributed by atoms with E-state index in [0.29, 0.717) is 18.9 Å². The molecule has 8 heteroatoms. The number of hydrogen-bond donors (Lipinski definition) is 1. The minimum absolute atomic E-state index is 0.113. The van der Waals surface area contributed by atoms with E-state index in [4.69, 9.17) is 4.74 Å². The molecule has 1 aromatic rings. The molecule has 1 atom stereocenters. The van der Waals surface area contributed by atoms with Crippen molar-refractivity contribution in [2.75, 3.05) is 17.6 Å². The first-order chi connectivity index (χ1) is 8.16. The van der Waals surface area contributed by atoms with Crippen molar-refractivity contribution >= 4 is 17.0 Å². The van der Waals surface area contributed by atoms with Gasteiger partial charge in [-0.15, -0.1) is 0 Å². The molecule has 2 heterocycles. The van der Waals surface area contributed by atoms with Crippen LogP contribution in [-0.2, 0) is 23.1 Å². The molecular formula is C9H15N4O3S-. The number of hydrazine groups is 1. The quantitative estimate of drug-likeness (QED) is 0.593. The van der Waals surface area contributed by atoms with Crippen molar-refractivity contribution in [3.05, 3.63) is 12.4 Å². The Balaban J connectivity index is 2.04. The van der Waals surface area contributed by atoms with Gasteiger partial charge in [-0.3, -0.25) is 8.89 Å².